The van der Waals surface area contributed by atoms with Gasteiger partial charge in [-0.05, 0) is 62.8 Å². The molecule has 7 N–H and O–H groups in total. The van der Waals surface area contributed by atoms with Crippen LogP contribution in [0.1, 0.15) is 10.5 Å². The van der Waals surface area contributed by atoms with E-state index in [1.54, 1.807) is 12.4 Å². The molecule has 11 nitrogen and oxygen atoms in total. The number of aromatic amines is 1. The van der Waals surface area contributed by atoms with Crippen molar-refractivity contribution in [2.75, 3.05) is 26.0 Å². The first-order valence-corrected chi connectivity index (χ1v) is 12.4. The lowest BCUT2D eigenvalue weighted by atomic mass is 10.1. The molecule has 0 unspecified atom stereocenters. The van der Waals surface area contributed by atoms with Gasteiger partial charge in [0.25, 0.3) is 5.91 Å². The van der Waals surface area contributed by atoms with E-state index in [-0.39, 0.29) is 5.91 Å². The van der Waals surface area contributed by atoms with E-state index < -0.39 is 0 Å². The zero-order chi connectivity index (χ0) is 27.4. The van der Waals surface area contributed by atoms with Crippen LogP contribution in [0.2, 0.25) is 0 Å². The van der Waals surface area contributed by atoms with Gasteiger partial charge in [-0.25, -0.2) is 9.97 Å². The number of likely N-dealkylation sites (N-methyl/N-ethyl adjacent to an activating group) is 1. The number of carbonyl (C=O) groups is 1. The Labute approximate surface area is 225 Å². The van der Waals surface area contributed by atoms with E-state index >= 15 is 0 Å². The molecule has 0 aliphatic heterocycles. The average molecular weight is 523 g/mol. The van der Waals surface area contributed by atoms with Crippen LogP contribution in [0.15, 0.2) is 85.1 Å². The molecule has 3 aromatic heterocycles. The summed E-state index contributed by atoms with van der Waals surface area (Å²) in [6.45, 7) is 1.35. The number of anilines is 2. The second-order valence-corrected chi connectivity index (χ2v) is 9.26. The van der Waals surface area contributed by atoms with E-state index in [4.69, 9.17) is 16.5 Å². The fourth-order valence-electron chi connectivity index (χ4n) is 4.30. The van der Waals surface area contributed by atoms with E-state index in [0.717, 1.165) is 39.6 Å². The minimum atomic E-state index is -0.279. The molecule has 3 heterocycles. The molecule has 0 aliphatic carbocycles. The molecule has 0 radical (unpaired) electrons. The fourth-order valence-corrected chi connectivity index (χ4v) is 4.30. The second-order valence-electron chi connectivity index (χ2n) is 9.26. The predicted octanol–water partition coefficient (Wildman–Crippen LogP) is 3.28. The number of benzene rings is 2. The van der Waals surface area contributed by atoms with Gasteiger partial charge in [-0.3, -0.25) is 9.89 Å². The largest absolute Gasteiger partial charge is 0.405 e. The Morgan fingerprint density at radius 1 is 1.10 bits per heavy atom. The topological polar surface area (TPSA) is 156 Å². The van der Waals surface area contributed by atoms with Crippen LogP contribution in [0.4, 0.5) is 11.5 Å². The zero-order valence-electron chi connectivity index (χ0n) is 21.7. The van der Waals surface area contributed by atoms with Gasteiger partial charge in [0.05, 0.1) is 17.4 Å². The van der Waals surface area contributed by atoms with Crippen LogP contribution < -0.4 is 22.1 Å². The molecule has 0 atom stereocenters. The van der Waals surface area contributed by atoms with Crippen molar-refractivity contribution < 1.29 is 4.79 Å². The van der Waals surface area contributed by atoms with E-state index in [2.05, 4.69) is 30.7 Å². The van der Waals surface area contributed by atoms with E-state index in [9.17, 15) is 4.79 Å². The molecule has 2 aromatic carbocycles. The van der Waals surface area contributed by atoms with Crippen molar-refractivity contribution in [2.24, 2.45) is 11.5 Å². The van der Waals surface area contributed by atoms with Crippen molar-refractivity contribution in [1.82, 2.24) is 34.9 Å². The number of nitrogens with two attached hydrogens (primary N) is 2. The summed E-state index contributed by atoms with van der Waals surface area (Å²) < 4.78 is 2.00. The zero-order valence-corrected chi connectivity index (χ0v) is 21.7. The van der Waals surface area contributed by atoms with Crippen molar-refractivity contribution in [3.8, 4) is 11.4 Å². The maximum Gasteiger partial charge on any atom is 0.272 e. The standard InChI is InChI=1S/C28H30N10O/c1-37(2)11-12-38-24-15-19(4-3-18(24)14-25(38)28(39)34-22(16-30)7-9-29)27-31-10-8-26(35-27)33-21-5-6-23-20(13-21)17-32-36-23/h3-10,13-17H,11-12,29-30H2,1-2H3,(H,32,36)(H,34,39)(H,31,33,35)/b9-7-,22-16+. The molecular weight excluding hydrogens is 492 g/mol. The first kappa shape index (κ1) is 25.5. The molecule has 0 bridgehead atoms. The monoisotopic (exact) mass is 522 g/mol. The summed E-state index contributed by atoms with van der Waals surface area (Å²) in [7, 11) is 3.99. The average Bonchev–Trinajstić information content (AvgIpc) is 3.55. The quantitative estimate of drug-likeness (QED) is 0.185. The summed E-state index contributed by atoms with van der Waals surface area (Å²) in [5.74, 6) is 0.956. The highest BCUT2D eigenvalue weighted by Gasteiger charge is 2.17. The molecule has 198 valence electrons. The molecule has 5 aromatic rings. The number of H-pyrrole nitrogens is 1. The Bertz CT molecular complexity index is 1700. The van der Waals surface area contributed by atoms with Crippen LogP contribution >= 0.6 is 0 Å². The molecule has 5 rings (SSSR count). The summed E-state index contributed by atoms with van der Waals surface area (Å²) in [5.41, 5.74) is 15.6. The molecule has 0 saturated heterocycles. The Balaban J connectivity index is 1.48. The van der Waals surface area contributed by atoms with Gasteiger partial charge in [-0.1, -0.05) is 12.1 Å². The number of hydrogen-bond donors (Lipinski definition) is 5. The van der Waals surface area contributed by atoms with Crippen LogP contribution in [0, 0.1) is 0 Å². The van der Waals surface area contributed by atoms with Crippen LogP contribution in [0.5, 0.6) is 0 Å². The minimum absolute atomic E-state index is 0.279. The lowest BCUT2D eigenvalue weighted by Crippen LogP contribution is -2.27. The normalized spacial score (nSPS) is 12.1. The lowest BCUT2D eigenvalue weighted by Gasteiger charge is -2.15. The molecule has 0 spiro atoms. The summed E-state index contributed by atoms with van der Waals surface area (Å²) in [5, 5.41) is 15.1. The van der Waals surface area contributed by atoms with Crippen LogP contribution in [0.3, 0.4) is 0 Å². The maximum absolute atomic E-state index is 13.2. The van der Waals surface area contributed by atoms with Crippen molar-refractivity contribution in [1.29, 1.82) is 0 Å². The Kier molecular flexibility index (Phi) is 7.23. The van der Waals surface area contributed by atoms with E-state index in [1.807, 2.05) is 67.2 Å². The molecule has 1 amide bonds. The number of rotatable bonds is 9. The highest BCUT2D eigenvalue weighted by Crippen LogP contribution is 2.27. The highest BCUT2D eigenvalue weighted by molar-refractivity contribution is 6.00. The van der Waals surface area contributed by atoms with Gasteiger partial charge in [-0.2, -0.15) is 5.10 Å². The fraction of sp³-hybridized carbons (Fsp3) is 0.143. The van der Waals surface area contributed by atoms with Gasteiger partial charge in [0, 0.05) is 53.0 Å². The molecular formula is C28H30N10O. The van der Waals surface area contributed by atoms with Gasteiger partial charge in [0.2, 0.25) is 0 Å². The summed E-state index contributed by atoms with van der Waals surface area (Å²) in [6, 6.07) is 15.6. The smallest absolute Gasteiger partial charge is 0.272 e. The van der Waals surface area contributed by atoms with Crippen molar-refractivity contribution >= 4 is 39.2 Å². The third-order valence-electron chi connectivity index (χ3n) is 6.25. The van der Waals surface area contributed by atoms with Crippen LogP contribution in [-0.2, 0) is 6.54 Å². The Hall–Kier alpha value is -5.16. The Morgan fingerprint density at radius 2 is 1.97 bits per heavy atom. The summed E-state index contributed by atoms with van der Waals surface area (Å²) in [6.07, 6.45) is 7.67. The van der Waals surface area contributed by atoms with Crippen molar-refractivity contribution in [3.05, 3.63) is 90.8 Å². The van der Waals surface area contributed by atoms with Gasteiger partial charge in [-0.15, -0.1) is 0 Å². The molecule has 0 fully saturated rings. The number of nitrogens with one attached hydrogen (secondary N) is 3. The van der Waals surface area contributed by atoms with Crippen LogP contribution in [0.25, 0.3) is 33.2 Å². The number of allylic oxidation sites excluding steroid dienone is 1. The number of nitrogens with zero attached hydrogens (tertiary/aromatic N) is 5. The van der Waals surface area contributed by atoms with Gasteiger partial charge in [0.15, 0.2) is 5.82 Å². The van der Waals surface area contributed by atoms with Gasteiger partial charge < -0.3 is 31.6 Å². The third kappa shape index (κ3) is 5.58. The summed E-state index contributed by atoms with van der Waals surface area (Å²) >= 11 is 0. The molecule has 39 heavy (non-hydrogen) atoms. The van der Waals surface area contributed by atoms with Gasteiger partial charge >= 0.3 is 0 Å². The number of hydrogen-bond acceptors (Lipinski definition) is 8. The predicted molar refractivity (Wildman–Crippen MR) is 154 cm³/mol. The van der Waals surface area contributed by atoms with Crippen LogP contribution in [-0.4, -0.2) is 56.2 Å². The number of amides is 1. The van der Waals surface area contributed by atoms with Crippen molar-refractivity contribution in [2.45, 2.75) is 6.54 Å². The van der Waals surface area contributed by atoms with E-state index in [0.29, 0.717) is 29.6 Å². The molecule has 0 saturated carbocycles. The Morgan fingerprint density at radius 3 is 2.77 bits per heavy atom. The third-order valence-corrected chi connectivity index (χ3v) is 6.25. The van der Waals surface area contributed by atoms with E-state index in [1.165, 1.54) is 18.5 Å². The number of carbonyl (C=O) groups excluding carboxylic acids is 1. The number of aromatic nitrogens is 5. The first-order valence-electron chi connectivity index (χ1n) is 12.4. The van der Waals surface area contributed by atoms with Crippen molar-refractivity contribution in [3.63, 3.8) is 0 Å². The molecule has 11 heteroatoms. The minimum Gasteiger partial charge on any atom is -0.405 e. The maximum atomic E-state index is 13.2. The summed E-state index contributed by atoms with van der Waals surface area (Å²) in [4.78, 5) is 24.5. The van der Waals surface area contributed by atoms with Gasteiger partial charge in [0.1, 0.15) is 11.5 Å². The number of fused-ring (bicyclic) bond motifs is 2. The first-order chi connectivity index (χ1) is 18.9. The SMILES string of the molecule is CN(C)CCn1c(C(=O)NC(/C=C\N)=C/N)cc2ccc(-c3nccc(Nc4ccc5[nH]ncc5c4)n3)cc21. The second kappa shape index (κ2) is 11.1. The lowest BCUT2D eigenvalue weighted by molar-refractivity contribution is 0.0957. The molecule has 0 aliphatic rings. The highest BCUT2D eigenvalue weighted by atomic mass is 16.2.